The highest BCUT2D eigenvalue weighted by Gasteiger charge is 2.15. The van der Waals surface area contributed by atoms with Gasteiger partial charge in [-0.15, -0.1) is 11.3 Å². The second kappa shape index (κ2) is 3.46. The molecule has 0 saturated carbocycles. The molecule has 0 amide bonds. The fourth-order valence-electron chi connectivity index (χ4n) is 1.75. The third kappa shape index (κ3) is 1.53. The molecule has 3 heterocycles. The van der Waals surface area contributed by atoms with E-state index in [1.54, 1.807) is 18.3 Å². The second-order valence-electron chi connectivity index (χ2n) is 3.74. The number of carbonyl (C=O) groups is 1. The van der Waals surface area contributed by atoms with E-state index in [2.05, 4.69) is 15.0 Å². The number of hydrogen-bond donors (Lipinski definition) is 3. The summed E-state index contributed by atoms with van der Waals surface area (Å²) in [5.74, 6) is -0.401. The Morgan fingerprint density at radius 2 is 2.35 bits per heavy atom. The number of aryl methyl sites for hydroxylation is 1. The molecular weight excluding hydrogens is 238 g/mol. The zero-order valence-electron chi connectivity index (χ0n) is 8.94. The van der Waals surface area contributed by atoms with Crippen molar-refractivity contribution in [1.29, 1.82) is 0 Å². The summed E-state index contributed by atoms with van der Waals surface area (Å²) in [6.07, 6.45) is 1.88. The van der Waals surface area contributed by atoms with Gasteiger partial charge in [0.05, 0.1) is 4.88 Å². The number of fused-ring (bicyclic) bond motifs is 1. The van der Waals surface area contributed by atoms with Crippen molar-refractivity contribution in [3.63, 3.8) is 0 Å². The Hall–Kier alpha value is -2.08. The molecule has 0 aliphatic carbocycles. The molecule has 3 N–H and O–H groups in total. The number of nitrogens with one attached hydrogen (secondary N) is 2. The average Bonchev–Trinajstić information content (AvgIpc) is 2.88. The van der Waals surface area contributed by atoms with Crippen LogP contribution in [0.2, 0.25) is 0 Å². The third-order valence-corrected chi connectivity index (χ3v) is 3.65. The van der Waals surface area contributed by atoms with Crippen molar-refractivity contribution in [2.75, 3.05) is 0 Å². The lowest BCUT2D eigenvalue weighted by atomic mass is 10.3. The Morgan fingerprint density at radius 1 is 1.53 bits per heavy atom. The number of aromatic nitrogens is 3. The zero-order chi connectivity index (χ0) is 12.0. The first-order valence-corrected chi connectivity index (χ1v) is 5.84. The van der Waals surface area contributed by atoms with Crippen LogP contribution in [0.25, 0.3) is 20.9 Å². The van der Waals surface area contributed by atoms with Gasteiger partial charge in [-0.1, -0.05) is 0 Å². The predicted octanol–water partition coefficient (Wildman–Crippen LogP) is 2.63. The van der Waals surface area contributed by atoms with Gasteiger partial charge in [0.1, 0.15) is 10.7 Å². The van der Waals surface area contributed by atoms with Crippen molar-refractivity contribution in [2.24, 2.45) is 0 Å². The quantitative estimate of drug-likeness (QED) is 0.651. The highest BCUT2D eigenvalue weighted by molar-refractivity contribution is 7.21. The van der Waals surface area contributed by atoms with Crippen molar-refractivity contribution in [3.8, 4) is 10.7 Å². The number of imidazole rings is 1. The van der Waals surface area contributed by atoms with Crippen molar-refractivity contribution < 1.29 is 9.90 Å². The molecule has 3 rings (SSSR count). The van der Waals surface area contributed by atoms with Crippen molar-refractivity contribution >= 4 is 27.5 Å². The average molecular weight is 247 g/mol. The molecule has 0 fully saturated rings. The van der Waals surface area contributed by atoms with Crippen LogP contribution in [-0.4, -0.2) is 26.0 Å². The Balaban J connectivity index is 2.12. The van der Waals surface area contributed by atoms with Crippen LogP contribution >= 0.6 is 11.3 Å². The van der Waals surface area contributed by atoms with Gasteiger partial charge in [-0.3, -0.25) is 0 Å². The van der Waals surface area contributed by atoms with Gasteiger partial charge in [-0.25, -0.2) is 9.78 Å². The molecule has 6 heteroatoms. The standard InChI is InChI=1S/C11H9N3O2S/c1-5-8(11(15)16)14-9(13-5)7-4-6-2-3-12-10(6)17-7/h2-4,12H,1H3,(H,13,14)(H,15,16). The van der Waals surface area contributed by atoms with Crippen molar-refractivity contribution in [2.45, 2.75) is 6.92 Å². The lowest BCUT2D eigenvalue weighted by Gasteiger charge is -1.87. The Morgan fingerprint density at radius 3 is 3.00 bits per heavy atom. The van der Waals surface area contributed by atoms with Gasteiger partial charge >= 0.3 is 5.97 Å². The largest absolute Gasteiger partial charge is 0.476 e. The normalized spacial score (nSPS) is 11.1. The summed E-state index contributed by atoms with van der Waals surface area (Å²) in [5, 5.41) is 10.0. The maximum Gasteiger partial charge on any atom is 0.356 e. The number of aromatic amines is 2. The third-order valence-electron chi connectivity index (χ3n) is 2.56. The summed E-state index contributed by atoms with van der Waals surface area (Å²) in [6.45, 7) is 1.71. The number of H-pyrrole nitrogens is 2. The summed E-state index contributed by atoms with van der Waals surface area (Å²) in [5.41, 5.74) is 0.654. The first-order chi connectivity index (χ1) is 8.15. The number of rotatable bonds is 2. The molecule has 17 heavy (non-hydrogen) atoms. The van der Waals surface area contributed by atoms with Gasteiger partial charge in [0.2, 0.25) is 0 Å². The first-order valence-electron chi connectivity index (χ1n) is 5.02. The molecule has 0 bridgehead atoms. The van der Waals surface area contributed by atoms with Crippen LogP contribution in [0.4, 0.5) is 0 Å². The lowest BCUT2D eigenvalue weighted by Crippen LogP contribution is -1.98. The van der Waals surface area contributed by atoms with Crippen LogP contribution < -0.4 is 0 Å². The van der Waals surface area contributed by atoms with E-state index in [9.17, 15) is 4.79 Å². The van der Waals surface area contributed by atoms with Gasteiger partial charge in [0, 0.05) is 17.3 Å². The molecule has 3 aromatic rings. The maximum absolute atomic E-state index is 10.9. The van der Waals surface area contributed by atoms with Gasteiger partial charge in [-0.05, 0) is 19.1 Å². The number of carboxylic acids is 1. The zero-order valence-corrected chi connectivity index (χ0v) is 9.76. The van der Waals surface area contributed by atoms with Crippen LogP contribution in [0.1, 0.15) is 16.2 Å². The SMILES string of the molecule is Cc1[nH]c(-c2cc3cc[nH]c3s2)nc1C(=O)O. The summed E-state index contributed by atoms with van der Waals surface area (Å²) in [4.78, 5) is 23.1. The van der Waals surface area contributed by atoms with E-state index in [1.807, 2.05) is 18.3 Å². The minimum absolute atomic E-state index is 0.0806. The molecule has 0 aliphatic heterocycles. The molecule has 0 unspecified atom stereocenters. The summed E-state index contributed by atoms with van der Waals surface area (Å²) < 4.78 is 0. The summed E-state index contributed by atoms with van der Waals surface area (Å²) >= 11 is 1.55. The molecule has 0 atom stereocenters. The van der Waals surface area contributed by atoms with E-state index in [1.165, 1.54) is 0 Å². The van der Waals surface area contributed by atoms with E-state index in [0.29, 0.717) is 11.5 Å². The van der Waals surface area contributed by atoms with E-state index in [0.717, 1.165) is 15.1 Å². The molecule has 0 radical (unpaired) electrons. The predicted molar refractivity (Wildman–Crippen MR) is 65.5 cm³/mol. The van der Waals surface area contributed by atoms with E-state index >= 15 is 0 Å². The molecule has 0 aliphatic rings. The van der Waals surface area contributed by atoms with E-state index < -0.39 is 5.97 Å². The number of nitrogens with zero attached hydrogens (tertiary/aromatic N) is 1. The van der Waals surface area contributed by atoms with Crippen LogP contribution in [0, 0.1) is 6.92 Å². The lowest BCUT2D eigenvalue weighted by molar-refractivity contribution is 0.0690. The number of carboxylic acid groups (broad SMARTS) is 1. The highest BCUT2D eigenvalue weighted by Crippen LogP contribution is 2.31. The van der Waals surface area contributed by atoms with Gasteiger partial charge in [0.15, 0.2) is 5.69 Å². The second-order valence-corrected chi connectivity index (χ2v) is 4.79. The molecule has 5 nitrogen and oxygen atoms in total. The number of thiophene rings is 1. The highest BCUT2D eigenvalue weighted by atomic mass is 32.1. The van der Waals surface area contributed by atoms with Crippen LogP contribution in [0.5, 0.6) is 0 Å². The number of hydrogen-bond acceptors (Lipinski definition) is 3. The van der Waals surface area contributed by atoms with Gasteiger partial charge in [-0.2, -0.15) is 0 Å². The minimum atomic E-state index is -1.01. The summed E-state index contributed by atoms with van der Waals surface area (Å²) in [6, 6.07) is 3.96. The van der Waals surface area contributed by atoms with E-state index in [4.69, 9.17) is 5.11 Å². The fraction of sp³-hybridized carbons (Fsp3) is 0.0909. The number of aromatic carboxylic acids is 1. The topological polar surface area (TPSA) is 81.8 Å². The summed E-state index contributed by atoms with van der Waals surface area (Å²) in [7, 11) is 0. The molecule has 0 spiro atoms. The van der Waals surface area contributed by atoms with Crippen LogP contribution in [0.15, 0.2) is 18.3 Å². The van der Waals surface area contributed by atoms with Crippen molar-refractivity contribution in [1.82, 2.24) is 15.0 Å². The van der Waals surface area contributed by atoms with Crippen LogP contribution in [0.3, 0.4) is 0 Å². The molecule has 3 aromatic heterocycles. The molecule has 86 valence electrons. The maximum atomic E-state index is 10.9. The van der Waals surface area contributed by atoms with E-state index in [-0.39, 0.29) is 5.69 Å². The molecule has 0 aromatic carbocycles. The molecule has 0 saturated heterocycles. The van der Waals surface area contributed by atoms with Crippen LogP contribution in [-0.2, 0) is 0 Å². The smallest absolute Gasteiger partial charge is 0.356 e. The minimum Gasteiger partial charge on any atom is -0.476 e. The Bertz CT molecular complexity index is 679. The monoisotopic (exact) mass is 247 g/mol. The first kappa shape index (κ1) is 10.1. The van der Waals surface area contributed by atoms with Gasteiger partial charge < -0.3 is 15.1 Å². The van der Waals surface area contributed by atoms with Gasteiger partial charge in [0.25, 0.3) is 0 Å². The fourth-order valence-corrected chi connectivity index (χ4v) is 2.72. The Labute approximate surface area is 100 Å². The van der Waals surface area contributed by atoms with Crippen molar-refractivity contribution in [3.05, 3.63) is 29.7 Å². The Kier molecular flexibility index (Phi) is 2.05. The molecular formula is C11H9N3O2S.